The molecule has 19 heavy (non-hydrogen) atoms. The molecule has 0 aliphatic carbocycles. The molecular weight excluding hydrogens is 251 g/mol. The summed E-state index contributed by atoms with van der Waals surface area (Å²) in [6.07, 6.45) is 0.602. The third-order valence-corrected chi connectivity index (χ3v) is 2.47. The summed E-state index contributed by atoms with van der Waals surface area (Å²) in [5.74, 6) is 0.107. The molecule has 0 heterocycles. The van der Waals surface area contributed by atoms with Crippen molar-refractivity contribution in [3.8, 4) is 23.0 Å². The molecule has 0 bridgehead atoms. The van der Waals surface area contributed by atoms with Crippen molar-refractivity contribution in [2.24, 2.45) is 0 Å². The van der Waals surface area contributed by atoms with Gasteiger partial charge in [0.05, 0.1) is 12.7 Å². The highest BCUT2D eigenvalue weighted by Crippen LogP contribution is 2.34. The third-order valence-electron chi connectivity index (χ3n) is 2.47. The molecule has 2 aromatic rings. The highest BCUT2D eigenvalue weighted by atomic mass is 19.1. The van der Waals surface area contributed by atoms with Crippen molar-refractivity contribution >= 4 is 6.29 Å². The van der Waals surface area contributed by atoms with Gasteiger partial charge in [0, 0.05) is 12.1 Å². The molecule has 4 nitrogen and oxygen atoms in total. The van der Waals surface area contributed by atoms with Crippen LogP contribution < -0.4 is 9.47 Å². The maximum Gasteiger partial charge on any atom is 0.169 e. The summed E-state index contributed by atoms with van der Waals surface area (Å²) in [7, 11) is 1.38. The van der Waals surface area contributed by atoms with Crippen LogP contribution in [0, 0.1) is 5.82 Å². The molecule has 5 heteroatoms. The lowest BCUT2D eigenvalue weighted by Gasteiger charge is -2.11. The highest BCUT2D eigenvalue weighted by molar-refractivity contribution is 5.80. The van der Waals surface area contributed by atoms with Gasteiger partial charge in [-0.1, -0.05) is 0 Å². The summed E-state index contributed by atoms with van der Waals surface area (Å²) in [6, 6.07) is 7.85. The van der Waals surface area contributed by atoms with E-state index in [1.807, 2.05) is 0 Å². The number of halogens is 1. The first-order chi connectivity index (χ1) is 9.13. The van der Waals surface area contributed by atoms with E-state index in [1.165, 1.54) is 43.5 Å². The van der Waals surface area contributed by atoms with Gasteiger partial charge in [0.2, 0.25) is 0 Å². The van der Waals surface area contributed by atoms with E-state index in [1.54, 1.807) is 0 Å². The zero-order chi connectivity index (χ0) is 13.8. The molecule has 98 valence electrons. The summed E-state index contributed by atoms with van der Waals surface area (Å²) in [6.45, 7) is 0. The number of benzene rings is 2. The number of hydrogen-bond acceptors (Lipinski definition) is 4. The van der Waals surface area contributed by atoms with E-state index in [4.69, 9.17) is 9.47 Å². The summed E-state index contributed by atoms with van der Waals surface area (Å²) in [4.78, 5) is 10.9. The van der Waals surface area contributed by atoms with Crippen LogP contribution in [-0.2, 0) is 0 Å². The first-order valence-electron chi connectivity index (χ1n) is 5.43. The number of phenols is 1. The predicted molar refractivity (Wildman–Crippen MR) is 66.5 cm³/mol. The Bertz CT molecular complexity index is 610. The fourth-order valence-corrected chi connectivity index (χ4v) is 1.55. The number of rotatable bonds is 4. The molecule has 2 rings (SSSR count). The number of methoxy groups -OCH3 is 1. The van der Waals surface area contributed by atoms with Crippen molar-refractivity contribution in [3.63, 3.8) is 0 Å². The van der Waals surface area contributed by atoms with Crippen molar-refractivity contribution in [2.45, 2.75) is 0 Å². The molecule has 2 aromatic carbocycles. The topological polar surface area (TPSA) is 55.8 Å². The zero-order valence-electron chi connectivity index (χ0n) is 10.1. The molecule has 0 aliphatic heterocycles. The lowest BCUT2D eigenvalue weighted by atomic mass is 10.2. The van der Waals surface area contributed by atoms with E-state index in [2.05, 4.69) is 0 Å². The Hall–Kier alpha value is -2.56. The van der Waals surface area contributed by atoms with Gasteiger partial charge in [-0.3, -0.25) is 4.79 Å². The Balaban J connectivity index is 2.40. The van der Waals surface area contributed by atoms with Crippen LogP contribution in [-0.4, -0.2) is 18.5 Å². The average Bonchev–Trinajstić information content (AvgIpc) is 2.41. The summed E-state index contributed by atoms with van der Waals surface area (Å²) < 4.78 is 23.5. The van der Waals surface area contributed by atoms with Crippen LogP contribution in [0.3, 0.4) is 0 Å². The van der Waals surface area contributed by atoms with Crippen LogP contribution in [0.1, 0.15) is 10.4 Å². The number of carbonyl (C=O) groups is 1. The minimum absolute atomic E-state index is 0.0401. The number of ether oxygens (including phenoxy) is 2. The van der Waals surface area contributed by atoms with E-state index in [0.29, 0.717) is 6.29 Å². The van der Waals surface area contributed by atoms with Crippen molar-refractivity contribution in [2.75, 3.05) is 7.11 Å². The number of carbonyl (C=O) groups excluding carboxylic acids is 1. The Morgan fingerprint density at radius 1 is 1.11 bits per heavy atom. The van der Waals surface area contributed by atoms with Crippen molar-refractivity contribution in [3.05, 3.63) is 47.8 Å². The van der Waals surface area contributed by atoms with Crippen LogP contribution in [0.25, 0.3) is 0 Å². The molecule has 0 amide bonds. The number of aldehydes is 1. The average molecular weight is 262 g/mol. The van der Waals surface area contributed by atoms with Crippen LogP contribution >= 0.6 is 0 Å². The molecule has 1 N–H and O–H groups in total. The van der Waals surface area contributed by atoms with E-state index in [9.17, 15) is 14.3 Å². The second kappa shape index (κ2) is 5.39. The van der Waals surface area contributed by atoms with Crippen molar-refractivity contribution in [1.29, 1.82) is 0 Å². The van der Waals surface area contributed by atoms with Gasteiger partial charge in [0.25, 0.3) is 0 Å². The Morgan fingerprint density at radius 2 is 1.89 bits per heavy atom. The Kier molecular flexibility index (Phi) is 3.66. The molecule has 0 aliphatic rings. The van der Waals surface area contributed by atoms with E-state index < -0.39 is 5.82 Å². The Morgan fingerprint density at radius 3 is 2.58 bits per heavy atom. The predicted octanol–water partition coefficient (Wildman–Crippen LogP) is 3.14. The maximum absolute atomic E-state index is 13.1. The quantitative estimate of drug-likeness (QED) is 0.860. The monoisotopic (exact) mass is 262 g/mol. The number of aromatic hydroxyl groups is 1. The summed E-state index contributed by atoms with van der Waals surface area (Å²) >= 11 is 0. The van der Waals surface area contributed by atoms with Gasteiger partial charge in [-0.2, -0.15) is 0 Å². The summed E-state index contributed by atoms with van der Waals surface area (Å²) in [5, 5.41) is 9.39. The van der Waals surface area contributed by atoms with E-state index in [-0.39, 0.29) is 28.6 Å². The SMILES string of the molecule is COc1cc(F)ccc1Oc1cc(O)ccc1C=O. The van der Waals surface area contributed by atoms with Gasteiger partial charge >= 0.3 is 0 Å². The van der Waals surface area contributed by atoms with Crippen LogP contribution in [0.4, 0.5) is 4.39 Å². The molecule has 0 saturated carbocycles. The molecule has 0 fully saturated rings. The number of phenolic OH excluding ortho intramolecular Hbond substituents is 1. The van der Waals surface area contributed by atoms with Gasteiger partial charge < -0.3 is 14.6 Å². The lowest BCUT2D eigenvalue weighted by molar-refractivity contribution is 0.112. The molecule has 0 unspecified atom stereocenters. The molecule has 0 radical (unpaired) electrons. The minimum atomic E-state index is -0.462. The standard InChI is InChI=1S/C14H11FO4/c1-18-14-6-10(15)3-5-12(14)19-13-7-11(17)4-2-9(13)8-16/h2-8,17H,1H3. The zero-order valence-corrected chi connectivity index (χ0v) is 10.1. The smallest absolute Gasteiger partial charge is 0.169 e. The number of hydrogen-bond donors (Lipinski definition) is 1. The summed E-state index contributed by atoms with van der Waals surface area (Å²) in [5.41, 5.74) is 0.268. The normalized spacial score (nSPS) is 10.0. The largest absolute Gasteiger partial charge is 0.508 e. The van der Waals surface area contributed by atoms with Gasteiger partial charge in [-0.25, -0.2) is 4.39 Å². The molecule has 0 aromatic heterocycles. The van der Waals surface area contributed by atoms with Gasteiger partial charge in [-0.15, -0.1) is 0 Å². The third kappa shape index (κ3) is 2.82. The maximum atomic E-state index is 13.1. The Labute approximate surface area is 109 Å². The van der Waals surface area contributed by atoms with Crippen molar-refractivity contribution < 1.29 is 23.8 Å². The van der Waals surface area contributed by atoms with Gasteiger partial charge in [-0.05, 0) is 24.3 Å². The minimum Gasteiger partial charge on any atom is -0.508 e. The second-order valence-electron chi connectivity index (χ2n) is 3.74. The van der Waals surface area contributed by atoms with Gasteiger partial charge in [0.15, 0.2) is 17.8 Å². The lowest BCUT2D eigenvalue weighted by Crippen LogP contribution is -1.94. The van der Waals surface area contributed by atoms with Crippen LogP contribution in [0.5, 0.6) is 23.0 Å². The fourth-order valence-electron chi connectivity index (χ4n) is 1.55. The van der Waals surface area contributed by atoms with Crippen LogP contribution in [0.2, 0.25) is 0 Å². The molecular formula is C14H11FO4. The molecule has 0 saturated heterocycles. The fraction of sp³-hybridized carbons (Fsp3) is 0.0714. The van der Waals surface area contributed by atoms with Gasteiger partial charge in [0.1, 0.15) is 17.3 Å². The van der Waals surface area contributed by atoms with Crippen molar-refractivity contribution in [1.82, 2.24) is 0 Å². The van der Waals surface area contributed by atoms with E-state index in [0.717, 1.165) is 0 Å². The highest BCUT2D eigenvalue weighted by Gasteiger charge is 2.10. The molecule has 0 atom stereocenters. The van der Waals surface area contributed by atoms with E-state index >= 15 is 0 Å². The second-order valence-corrected chi connectivity index (χ2v) is 3.74. The first-order valence-corrected chi connectivity index (χ1v) is 5.43. The first kappa shape index (κ1) is 12.9. The molecule has 0 spiro atoms. The van der Waals surface area contributed by atoms with Crippen LogP contribution in [0.15, 0.2) is 36.4 Å².